The third kappa shape index (κ3) is 4.85. The van der Waals surface area contributed by atoms with E-state index in [1.165, 1.54) is 6.42 Å². The summed E-state index contributed by atoms with van der Waals surface area (Å²) in [5.74, 6) is 1.05. The standard InChI is InChI=1S/C26H36N6O3/c1-16-5-3-6-17(2)32(16)26-29-21-14-27-25(35)23(21)24(30-26)28-19-10-8-18(9-11-19)13-22(34)31-12-4-7-20(31)15-33/h8-11,16-17,20,22,33-34H,3-7,12-15H2,1-2H3,(H,27,35)(H,28,29,30)/t16-,17-,20+,22?/m1/s1. The van der Waals surface area contributed by atoms with Crippen LogP contribution in [0.4, 0.5) is 17.5 Å². The highest BCUT2D eigenvalue weighted by Crippen LogP contribution is 2.32. The quantitative estimate of drug-likeness (QED) is 0.478. The highest BCUT2D eigenvalue weighted by Gasteiger charge is 2.32. The fraction of sp³-hybridized carbons (Fsp3) is 0.577. The lowest BCUT2D eigenvalue weighted by Gasteiger charge is -2.39. The second-order valence-electron chi connectivity index (χ2n) is 10.1. The first-order valence-electron chi connectivity index (χ1n) is 12.8. The number of hydrogen-bond donors (Lipinski definition) is 4. The molecule has 0 bridgehead atoms. The molecule has 3 aliphatic rings. The lowest BCUT2D eigenvalue weighted by atomic mass is 9.98. The molecule has 2 fully saturated rings. The summed E-state index contributed by atoms with van der Waals surface area (Å²) in [5, 5.41) is 26.4. The summed E-state index contributed by atoms with van der Waals surface area (Å²) in [4.78, 5) is 26.4. The number of aromatic nitrogens is 2. The topological polar surface area (TPSA) is 114 Å². The molecule has 9 nitrogen and oxygen atoms in total. The number of fused-ring (bicyclic) bond motifs is 1. The number of rotatable bonds is 7. The largest absolute Gasteiger partial charge is 0.395 e. The van der Waals surface area contributed by atoms with Crippen LogP contribution in [0, 0.1) is 0 Å². The molecule has 1 aromatic heterocycles. The van der Waals surface area contributed by atoms with E-state index in [4.69, 9.17) is 9.97 Å². The minimum Gasteiger partial charge on any atom is -0.395 e. The van der Waals surface area contributed by atoms with E-state index in [1.807, 2.05) is 29.2 Å². The van der Waals surface area contributed by atoms with E-state index in [0.717, 1.165) is 49.2 Å². The molecule has 188 valence electrons. The van der Waals surface area contributed by atoms with Crippen molar-refractivity contribution in [2.24, 2.45) is 0 Å². The Morgan fingerprint density at radius 3 is 2.57 bits per heavy atom. The molecule has 5 rings (SSSR count). The maximum absolute atomic E-state index is 12.6. The second kappa shape index (κ2) is 10.1. The Balaban J connectivity index is 1.35. The highest BCUT2D eigenvalue weighted by molar-refractivity contribution is 6.02. The van der Waals surface area contributed by atoms with Crippen molar-refractivity contribution in [2.45, 2.75) is 83.3 Å². The van der Waals surface area contributed by atoms with Gasteiger partial charge in [-0.2, -0.15) is 4.98 Å². The van der Waals surface area contributed by atoms with Crippen LogP contribution in [0.25, 0.3) is 0 Å². The molecule has 2 saturated heterocycles. The maximum atomic E-state index is 12.6. The zero-order valence-corrected chi connectivity index (χ0v) is 20.6. The Labute approximate surface area is 206 Å². The Morgan fingerprint density at radius 2 is 1.86 bits per heavy atom. The molecule has 4 atom stereocenters. The van der Waals surface area contributed by atoms with Crippen LogP contribution in [-0.4, -0.2) is 68.5 Å². The fourth-order valence-electron chi connectivity index (χ4n) is 5.77. The van der Waals surface area contributed by atoms with Crippen LogP contribution in [0.1, 0.15) is 67.6 Å². The number of hydrogen-bond acceptors (Lipinski definition) is 8. The Kier molecular flexibility index (Phi) is 6.91. The number of carbonyl (C=O) groups is 1. The molecule has 4 heterocycles. The van der Waals surface area contributed by atoms with Crippen molar-refractivity contribution in [3.63, 3.8) is 0 Å². The van der Waals surface area contributed by atoms with Crippen molar-refractivity contribution in [3.05, 3.63) is 41.1 Å². The first-order chi connectivity index (χ1) is 16.9. The van der Waals surface area contributed by atoms with Crippen molar-refractivity contribution in [1.29, 1.82) is 0 Å². The molecular weight excluding hydrogens is 444 g/mol. The summed E-state index contributed by atoms with van der Waals surface area (Å²) >= 11 is 0. The average molecular weight is 481 g/mol. The number of likely N-dealkylation sites (tertiary alicyclic amines) is 1. The van der Waals surface area contributed by atoms with E-state index in [9.17, 15) is 15.0 Å². The van der Waals surface area contributed by atoms with Crippen LogP contribution in [-0.2, 0) is 13.0 Å². The van der Waals surface area contributed by atoms with Crippen molar-refractivity contribution in [2.75, 3.05) is 23.4 Å². The molecule has 4 N–H and O–H groups in total. The highest BCUT2D eigenvalue weighted by atomic mass is 16.3. The summed E-state index contributed by atoms with van der Waals surface area (Å²) in [5.41, 5.74) is 3.07. The van der Waals surface area contributed by atoms with Crippen molar-refractivity contribution >= 4 is 23.4 Å². The van der Waals surface area contributed by atoms with Crippen LogP contribution >= 0.6 is 0 Å². The van der Waals surface area contributed by atoms with E-state index in [2.05, 4.69) is 29.4 Å². The molecule has 0 aliphatic carbocycles. The Bertz CT molecular complexity index is 1050. The molecule has 1 unspecified atom stereocenters. The number of amides is 1. The molecule has 3 aliphatic heterocycles. The van der Waals surface area contributed by atoms with Crippen LogP contribution in [0.5, 0.6) is 0 Å². The zero-order valence-electron chi connectivity index (χ0n) is 20.6. The predicted octanol–water partition coefficient (Wildman–Crippen LogP) is 2.55. The summed E-state index contributed by atoms with van der Waals surface area (Å²) in [6.07, 6.45) is 5.22. The number of piperidine rings is 1. The molecule has 0 radical (unpaired) electrons. The van der Waals surface area contributed by atoms with Gasteiger partial charge in [0, 0.05) is 36.8 Å². The van der Waals surface area contributed by atoms with Gasteiger partial charge >= 0.3 is 0 Å². The van der Waals surface area contributed by atoms with Crippen LogP contribution in [0.2, 0.25) is 0 Å². The zero-order chi connectivity index (χ0) is 24.5. The van der Waals surface area contributed by atoms with E-state index >= 15 is 0 Å². The first-order valence-corrected chi connectivity index (χ1v) is 12.8. The summed E-state index contributed by atoms with van der Waals surface area (Å²) in [7, 11) is 0. The Hall–Kier alpha value is -2.75. The van der Waals surface area contributed by atoms with Crippen LogP contribution < -0.4 is 15.5 Å². The normalized spacial score (nSPS) is 25.4. The lowest BCUT2D eigenvalue weighted by Crippen LogP contribution is -2.45. The Morgan fingerprint density at radius 1 is 1.11 bits per heavy atom. The van der Waals surface area contributed by atoms with Gasteiger partial charge in [0.25, 0.3) is 5.91 Å². The molecular formula is C26H36N6O3. The van der Waals surface area contributed by atoms with E-state index in [0.29, 0.717) is 42.4 Å². The summed E-state index contributed by atoms with van der Waals surface area (Å²) in [6, 6.07) is 8.59. The third-order valence-electron chi connectivity index (χ3n) is 7.69. The first kappa shape index (κ1) is 24.0. The molecule has 0 spiro atoms. The van der Waals surface area contributed by atoms with E-state index in [-0.39, 0.29) is 18.6 Å². The molecule has 1 amide bonds. The van der Waals surface area contributed by atoms with Gasteiger partial charge < -0.3 is 25.7 Å². The van der Waals surface area contributed by atoms with Crippen LogP contribution in [0.3, 0.4) is 0 Å². The maximum Gasteiger partial charge on any atom is 0.257 e. The van der Waals surface area contributed by atoms with Crippen molar-refractivity contribution in [3.8, 4) is 0 Å². The van der Waals surface area contributed by atoms with Gasteiger partial charge in [0.1, 0.15) is 17.6 Å². The minimum atomic E-state index is -0.613. The molecule has 2 aromatic rings. The number of aliphatic hydroxyl groups excluding tert-OH is 2. The minimum absolute atomic E-state index is 0.0384. The lowest BCUT2D eigenvalue weighted by molar-refractivity contribution is -0.0174. The molecule has 0 saturated carbocycles. The number of nitrogens with one attached hydrogen (secondary N) is 2. The number of carbonyl (C=O) groups excluding carboxylic acids is 1. The number of nitrogens with zero attached hydrogens (tertiary/aromatic N) is 4. The second-order valence-corrected chi connectivity index (χ2v) is 10.1. The molecule has 35 heavy (non-hydrogen) atoms. The monoisotopic (exact) mass is 480 g/mol. The molecule has 9 heteroatoms. The van der Waals surface area contributed by atoms with Crippen molar-refractivity contribution < 1.29 is 15.0 Å². The number of aliphatic hydroxyl groups is 2. The van der Waals surface area contributed by atoms with Gasteiger partial charge in [-0.1, -0.05) is 12.1 Å². The van der Waals surface area contributed by atoms with Gasteiger partial charge in [-0.25, -0.2) is 4.98 Å². The fourth-order valence-corrected chi connectivity index (χ4v) is 5.77. The number of anilines is 3. The van der Waals surface area contributed by atoms with Gasteiger partial charge in [0.2, 0.25) is 5.95 Å². The SMILES string of the molecule is C[C@@H]1CCC[C@@H](C)N1c1nc2c(c(Nc3ccc(CC(O)N4CCC[C@H]4CO)cc3)n1)C(=O)NC2. The average Bonchev–Trinajstić information content (AvgIpc) is 3.47. The van der Waals surface area contributed by atoms with Crippen molar-refractivity contribution in [1.82, 2.24) is 20.2 Å². The predicted molar refractivity (Wildman–Crippen MR) is 135 cm³/mol. The van der Waals surface area contributed by atoms with Gasteiger partial charge in [-0.3, -0.25) is 9.69 Å². The van der Waals surface area contributed by atoms with Gasteiger partial charge in [0.05, 0.1) is 18.8 Å². The number of benzene rings is 1. The molecule has 1 aromatic carbocycles. The summed E-state index contributed by atoms with van der Waals surface area (Å²) < 4.78 is 0. The summed E-state index contributed by atoms with van der Waals surface area (Å²) in [6.45, 7) is 5.72. The van der Waals surface area contributed by atoms with E-state index < -0.39 is 6.23 Å². The van der Waals surface area contributed by atoms with Gasteiger partial charge in [-0.15, -0.1) is 0 Å². The van der Waals surface area contributed by atoms with Gasteiger partial charge in [-0.05, 0) is 63.6 Å². The smallest absolute Gasteiger partial charge is 0.257 e. The third-order valence-corrected chi connectivity index (χ3v) is 7.69. The van der Waals surface area contributed by atoms with Gasteiger partial charge in [0.15, 0.2) is 0 Å². The van der Waals surface area contributed by atoms with Crippen LogP contribution in [0.15, 0.2) is 24.3 Å². The van der Waals surface area contributed by atoms with E-state index in [1.54, 1.807) is 0 Å².